The maximum atomic E-state index is 12.0. The molecule has 1 aliphatic rings. The summed E-state index contributed by atoms with van der Waals surface area (Å²) in [4.78, 5) is 23.3. The largest absolute Gasteiger partial charge is 0.480 e. The Labute approximate surface area is 111 Å². The molecule has 1 atom stereocenters. The number of aromatic nitrogens is 2. The first-order valence-corrected chi connectivity index (χ1v) is 6.38. The van der Waals surface area contributed by atoms with Gasteiger partial charge in [-0.3, -0.25) is 9.48 Å². The van der Waals surface area contributed by atoms with Crippen LogP contribution in [0.2, 0.25) is 0 Å². The average molecular weight is 265 g/mol. The van der Waals surface area contributed by atoms with Crippen molar-refractivity contribution in [3.8, 4) is 0 Å². The summed E-state index contributed by atoms with van der Waals surface area (Å²) >= 11 is 0. The maximum absolute atomic E-state index is 12.0. The number of carboxylic acid groups (broad SMARTS) is 1. The van der Waals surface area contributed by atoms with Crippen LogP contribution in [0.25, 0.3) is 0 Å². The summed E-state index contributed by atoms with van der Waals surface area (Å²) < 4.78 is 1.58. The number of nitrogens with one attached hydrogen (secondary N) is 1. The summed E-state index contributed by atoms with van der Waals surface area (Å²) in [5.41, 5.74) is 0.567. The van der Waals surface area contributed by atoms with Crippen LogP contribution in [0.1, 0.15) is 31.2 Å². The molecule has 2 rings (SSSR count). The third-order valence-electron chi connectivity index (χ3n) is 3.63. The SMILES string of the molecule is Cc1cc(C)n(CC(=O)N[C@](C)(C(=O)O)C2CC2)n1. The van der Waals surface area contributed by atoms with Gasteiger partial charge < -0.3 is 10.4 Å². The van der Waals surface area contributed by atoms with Gasteiger partial charge in [-0.25, -0.2) is 4.79 Å². The van der Waals surface area contributed by atoms with Crippen molar-refractivity contribution in [1.29, 1.82) is 0 Å². The smallest absolute Gasteiger partial charge is 0.329 e. The van der Waals surface area contributed by atoms with Crippen LogP contribution in [0.4, 0.5) is 0 Å². The standard InChI is InChI=1S/C13H19N3O3/c1-8-6-9(2)16(15-8)7-11(17)14-13(3,12(18)19)10-4-5-10/h6,10H,4-5,7H2,1-3H3,(H,14,17)(H,18,19)/t13-/m0/s1. The first kappa shape index (κ1) is 13.6. The normalized spacial score (nSPS) is 17.8. The van der Waals surface area contributed by atoms with Gasteiger partial charge in [0.15, 0.2) is 0 Å². The first-order valence-electron chi connectivity index (χ1n) is 6.38. The van der Waals surface area contributed by atoms with Crippen molar-refractivity contribution in [2.45, 2.75) is 45.7 Å². The van der Waals surface area contributed by atoms with E-state index >= 15 is 0 Å². The van der Waals surface area contributed by atoms with E-state index in [-0.39, 0.29) is 18.4 Å². The zero-order valence-corrected chi connectivity index (χ0v) is 11.4. The van der Waals surface area contributed by atoms with Crippen molar-refractivity contribution in [3.05, 3.63) is 17.5 Å². The molecule has 0 unspecified atom stereocenters. The van der Waals surface area contributed by atoms with Crippen molar-refractivity contribution < 1.29 is 14.7 Å². The minimum atomic E-state index is -1.16. The minimum Gasteiger partial charge on any atom is -0.480 e. The third kappa shape index (κ3) is 2.77. The van der Waals surface area contributed by atoms with E-state index in [0.717, 1.165) is 24.2 Å². The second-order valence-corrected chi connectivity index (χ2v) is 5.41. The number of hydrogen-bond donors (Lipinski definition) is 2. The molecule has 2 N–H and O–H groups in total. The monoisotopic (exact) mass is 265 g/mol. The Bertz CT molecular complexity index is 519. The zero-order chi connectivity index (χ0) is 14.2. The van der Waals surface area contributed by atoms with E-state index in [2.05, 4.69) is 10.4 Å². The molecule has 1 aliphatic carbocycles. The fourth-order valence-electron chi connectivity index (χ4n) is 2.29. The lowest BCUT2D eigenvalue weighted by molar-refractivity contribution is -0.148. The van der Waals surface area contributed by atoms with Gasteiger partial charge in [-0.05, 0) is 45.6 Å². The molecule has 19 heavy (non-hydrogen) atoms. The van der Waals surface area contributed by atoms with Crippen LogP contribution in [0.5, 0.6) is 0 Å². The highest BCUT2D eigenvalue weighted by Gasteiger charge is 2.48. The fourth-order valence-corrected chi connectivity index (χ4v) is 2.29. The van der Waals surface area contributed by atoms with Crippen molar-refractivity contribution in [1.82, 2.24) is 15.1 Å². The number of hydrogen-bond acceptors (Lipinski definition) is 3. The second-order valence-electron chi connectivity index (χ2n) is 5.41. The van der Waals surface area contributed by atoms with Gasteiger partial charge in [0.2, 0.25) is 5.91 Å². The Balaban J connectivity index is 2.04. The molecule has 104 valence electrons. The van der Waals surface area contributed by atoms with Gasteiger partial charge >= 0.3 is 5.97 Å². The fraction of sp³-hybridized carbons (Fsp3) is 0.615. The Morgan fingerprint density at radius 1 is 1.53 bits per heavy atom. The summed E-state index contributed by atoms with van der Waals surface area (Å²) in [5.74, 6) is -1.26. The van der Waals surface area contributed by atoms with Crippen molar-refractivity contribution >= 4 is 11.9 Å². The van der Waals surface area contributed by atoms with E-state index in [1.165, 1.54) is 0 Å². The van der Waals surface area contributed by atoms with Gasteiger partial charge in [-0.1, -0.05) is 0 Å². The maximum Gasteiger partial charge on any atom is 0.329 e. The molecular formula is C13H19N3O3. The van der Waals surface area contributed by atoms with Crippen LogP contribution in [0, 0.1) is 19.8 Å². The van der Waals surface area contributed by atoms with E-state index in [4.69, 9.17) is 0 Å². The van der Waals surface area contributed by atoms with Gasteiger partial charge in [0.25, 0.3) is 0 Å². The molecule has 1 aromatic rings. The molecule has 0 aromatic carbocycles. The highest BCUT2D eigenvalue weighted by atomic mass is 16.4. The molecule has 6 nitrogen and oxygen atoms in total. The predicted molar refractivity (Wildman–Crippen MR) is 68.6 cm³/mol. The van der Waals surface area contributed by atoms with Gasteiger partial charge in [-0.2, -0.15) is 5.10 Å². The quantitative estimate of drug-likeness (QED) is 0.827. The molecule has 0 saturated heterocycles. The van der Waals surface area contributed by atoms with E-state index in [9.17, 15) is 14.7 Å². The van der Waals surface area contributed by atoms with Gasteiger partial charge in [-0.15, -0.1) is 0 Å². The Kier molecular flexibility index (Phi) is 3.34. The summed E-state index contributed by atoms with van der Waals surface area (Å²) in [6, 6.07) is 1.88. The van der Waals surface area contributed by atoms with Crippen molar-refractivity contribution in [2.24, 2.45) is 5.92 Å². The van der Waals surface area contributed by atoms with E-state index < -0.39 is 11.5 Å². The molecule has 0 aliphatic heterocycles. The van der Waals surface area contributed by atoms with Crippen LogP contribution in [0.3, 0.4) is 0 Å². The number of amides is 1. The number of carbonyl (C=O) groups is 2. The Morgan fingerprint density at radius 3 is 2.58 bits per heavy atom. The summed E-state index contributed by atoms with van der Waals surface area (Å²) in [5, 5.41) is 16.1. The van der Waals surface area contributed by atoms with Crippen LogP contribution < -0.4 is 5.32 Å². The average Bonchev–Trinajstić information content (AvgIpc) is 3.07. The van der Waals surface area contributed by atoms with E-state index in [1.807, 2.05) is 19.9 Å². The third-order valence-corrected chi connectivity index (χ3v) is 3.63. The molecule has 0 radical (unpaired) electrons. The van der Waals surface area contributed by atoms with Crippen molar-refractivity contribution in [3.63, 3.8) is 0 Å². The van der Waals surface area contributed by atoms with Crippen LogP contribution in [0.15, 0.2) is 6.07 Å². The van der Waals surface area contributed by atoms with Crippen LogP contribution in [-0.4, -0.2) is 32.3 Å². The number of rotatable bonds is 5. The van der Waals surface area contributed by atoms with Gasteiger partial charge in [0.1, 0.15) is 12.1 Å². The lowest BCUT2D eigenvalue weighted by Gasteiger charge is -2.26. The highest BCUT2D eigenvalue weighted by Crippen LogP contribution is 2.39. The summed E-state index contributed by atoms with van der Waals surface area (Å²) in [7, 11) is 0. The summed E-state index contributed by atoms with van der Waals surface area (Å²) in [6.07, 6.45) is 1.70. The zero-order valence-electron chi connectivity index (χ0n) is 11.4. The highest BCUT2D eigenvalue weighted by molar-refractivity contribution is 5.87. The Morgan fingerprint density at radius 2 is 2.16 bits per heavy atom. The number of carbonyl (C=O) groups excluding carboxylic acids is 1. The second kappa shape index (κ2) is 4.68. The number of nitrogens with zero attached hydrogens (tertiary/aromatic N) is 2. The molecule has 1 heterocycles. The lowest BCUT2D eigenvalue weighted by atomic mass is 9.96. The van der Waals surface area contributed by atoms with E-state index in [0.29, 0.717) is 0 Å². The van der Waals surface area contributed by atoms with Crippen LogP contribution in [-0.2, 0) is 16.1 Å². The molecule has 1 saturated carbocycles. The van der Waals surface area contributed by atoms with Gasteiger partial charge in [0.05, 0.1) is 5.69 Å². The Hall–Kier alpha value is -1.85. The first-order chi connectivity index (χ1) is 8.83. The lowest BCUT2D eigenvalue weighted by Crippen LogP contribution is -2.54. The molecule has 1 fully saturated rings. The molecule has 1 aromatic heterocycles. The number of carboxylic acids is 1. The molecule has 0 spiro atoms. The molecule has 0 bridgehead atoms. The molecular weight excluding hydrogens is 246 g/mol. The number of aliphatic carboxylic acids is 1. The summed E-state index contributed by atoms with van der Waals surface area (Å²) in [6.45, 7) is 5.35. The number of aryl methyl sites for hydroxylation is 2. The topological polar surface area (TPSA) is 84.2 Å². The molecule has 6 heteroatoms. The van der Waals surface area contributed by atoms with Crippen LogP contribution >= 0.6 is 0 Å². The van der Waals surface area contributed by atoms with Crippen molar-refractivity contribution in [2.75, 3.05) is 0 Å². The minimum absolute atomic E-state index is 0.0365. The predicted octanol–water partition coefficient (Wildman–Crippen LogP) is 0.869. The van der Waals surface area contributed by atoms with E-state index in [1.54, 1.807) is 11.6 Å². The van der Waals surface area contributed by atoms with Gasteiger partial charge in [0, 0.05) is 5.69 Å². The molecule has 1 amide bonds.